The van der Waals surface area contributed by atoms with E-state index in [9.17, 15) is 9.59 Å². The predicted octanol–water partition coefficient (Wildman–Crippen LogP) is 17.3. The molecule has 2 fully saturated rings. The molecule has 85 heavy (non-hydrogen) atoms. The van der Waals surface area contributed by atoms with E-state index in [1.807, 2.05) is 180 Å². The van der Waals surface area contributed by atoms with Gasteiger partial charge in [-0.05, 0) is 140 Å². The van der Waals surface area contributed by atoms with Crippen molar-refractivity contribution in [1.29, 1.82) is 0 Å². The summed E-state index contributed by atoms with van der Waals surface area (Å²) >= 11 is 33.6. The van der Waals surface area contributed by atoms with Crippen LogP contribution < -0.4 is 9.97 Å². The van der Waals surface area contributed by atoms with E-state index >= 15 is 0 Å². The Kier molecular flexibility index (Phi) is 22.6. The molecule has 0 N–H and O–H groups in total. The first-order valence-corrected chi connectivity index (χ1v) is 32.8. The first kappa shape index (κ1) is 62.8. The zero-order chi connectivity index (χ0) is 57.8. The van der Waals surface area contributed by atoms with Crippen LogP contribution in [0.3, 0.4) is 0 Å². The van der Waals surface area contributed by atoms with E-state index < -0.39 is 0 Å². The minimum absolute atomic E-state index is 0. The Morgan fingerprint density at radius 3 is 1.46 bits per heavy atom. The van der Waals surface area contributed by atoms with Crippen molar-refractivity contribution in [1.82, 2.24) is 19.8 Å². The van der Waals surface area contributed by atoms with Crippen molar-refractivity contribution in [2.75, 3.05) is 52.6 Å². The number of hydrogen-bond donors (Lipinski definition) is 0. The van der Waals surface area contributed by atoms with E-state index in [0.29, 0.717) is 105 Å². The fourth-order valence-electron chi connectivity index (χ4n) is 8.58. The van der Waals surface area contributed by atoms with Crippen molar-refractivity contribution in [2.45, 2.75) is 39.4 Å². The molecule has 12 rings (SSSR count). The maximum Gasteiger partial charge on any atom is 2.00 e. The second-order valence-electron chi connectivity index (χ2n) is 18.6. The van der Waals surface area contributed by atoms with Gasteiger partial charge in [0.25, 0.3) is 11.8 Å². The second-order valence-corrected chi connectivity index (χ2v) is 26.8. The van der Waals surface area contributed by atoms with Crippen molar-refractivity contribution in [3.8, 4) is 0 Å². The van der Waals surface area contributed by atoms with Crippen LogP contribution in [0.15, 0.2) is 261 Å². The van der Waals surface area contributed by atoms with Gasteiger partial charge < -0.3 is 29.2 Å². The van der Waals surface area contributed by atoms with E-state index in [4.69, 9.17) is 75.8 Å². The first-order chi connectivity index (χ1) is 41.0. The number of thioether (sulfide) groups is 4. The Morgan fingerprint density at radius 2 is 0.929 bits per heavy atom. The molecule has 10 nitrogen and oxygen atoms in total. The van der Waals surface area contributed by atoms with Crippen LogP contribution >= 0.6 is 117 Å². The van der Waals surface area contributed by atoms with Crippen molar-refractivity contribution in [3.05, 3.63) is 248 Å². The van der Waals surface area contributed by atoms with Crippen molar-refractivity contribution in [3.63, 3.8) is 0 Å². The molecule has 6 aromatic carbocycles. The Balaban J connectivity index is 0.000000187. The molecule has 2 saturated heterocycles. The molecule has 431 valence electrons. The Hall–Kier alpha value is -5.19. The number of benzene rings is 6. The van der Waals surface area contributed by atoms with Gasteiger partial charge in [0.15, 0.2) is 0 Å². The quantitative estimate of drug-likeness (QED) is 0.0966. The zero-order valence-electron chi connectivity index (χ0n) is 44.7. The number of aliphatic imine (C=N–C) groups is 2. The van der Waals surface area contributed by atoms with Crippen molar-refractivity contribution < 1.29 is 35.8 Å². The van der Waals surface area contributed by atoms with E-state index in [-0.39, 0.29) is 28.6 Å². The van der Waals surface area contributed by atoms with Gasteiger partial charge in [-0.15, -0.1) is 34.9 Å². The molecule has 0 aliphatic carbocycles. The van der Waals surface area contributed by atoms with E-state index in [1.165, 1.54) is 23.5 Å². The molecule has 6 heterocycles. The maximum atomic E-state index is 13.8. The SMILES string of the molecule is O=C(C1=C/C(=C(\Sc2ccccc2)c2ccc(Sc3ccc(Cl)cc3)[n-]2)N=C1Sc1ccc(Cl)cc1)N1CCOCC1.O=C(c1cc(/C(Sc2ccccc2)=C2/C=CC(Sc3ccc(Cl)cc3)=N2)[n-]c1Sc1ccc(Cl)cc1)N1CCOCC1.[Co+2]. The van der Waals surface area contributed by atoms with Crippen LogP contribution in [0.2, 0.25) is 20.1 Å². The van der Waals surface area contributed by atoms with Crippen molar-refractivity contribution >= 4 is 149 Å². The molecule has 0 saturated carbocycles. The molecule has 0 atom stereocenters. The number of allylic oxidation sites excluding steroid dienone is 2. The number of amides is 2. The number of carbonyl (C=O) groups excluding carboxylic acids is 2. The van der Waals surface area contributed by atoms with E-state index in [0.717, 1.165) is 60.6 Å². The summed E-state index contributed by atoms with van der Waals surface area (Å²) in [6, 6.07) is 56.7. The van der Waals surface area contributed by atoms with Crippen LogP contribution in [0.25, 0.3) is 9.81 Å². The van der Waals surface area contributed by atoms with Gasteiger partial charge in [-0.3, -0.25) is 9.59 Å². The van der Waals surface area contributed by atoms with Gasteiger partial charge in [0.2, 0.25) is 0 Å². The van der Waals surface area contributed by atoms with Crippen LogP contribution in [-0.4, -0.2) is 84.3 Å². The third-order valence-electron chi connectivity index (χ3n) is 12.7. The maximum absolute atomic E-state index is 13.8. The van der Waals surface area contributed by atoms with Gasteiger partial charge in [0, 0.05) is 91.0 Å². The predicted molar refractivity (Wildman–Crippen MR) is 350 cm³/mol. The monoisotopic (exact) mass is 1360 g/mol. The summed E-state index contributed by atoms with van der Waals surface area (Å²) in [6.45, 7) is 4.31. The summed E-state index contributed by atoms with van der Waals surface area (Å²) in [5.74, 6) is -0.0981. The minimum Gasteiger partial charge on any atom is -0.651 e. The van der Waals surface area contributed by atoms with Crippen molar-refractivity contribution in [2.24, 2.45) is 9.98 Å². The zero-order valence-corrected chi connectivity index (χ0v) is 53.7. The fraction of sp³-hybridized carbons (Fsp3) is 0.125. The summed E-state index contributed by atoms with van der Waals surface area (Å²) in [5.41, 5.74) is 4.15. The fourth-order valence-corrected chi connectivity index (χ4v) is 14.4. The molecular formula is C64H48Cl4CoN6O4S6. The number of hydrogen-bond acceptors (Lipinski definition) is 12. The third kappa shape index (κ3) is 17.1. The molecule has 8 aromatic rings. The number of morpholine rings is 2. The normalized spacial score (nSPS) is 16.0. The van der Waals surface area contributed by atoms with Gasteiger partial charge >= 0.3 is 16.8 Å². The van der Waals surface area contributed by atoms with Gasteiger partial charge in [-0.25, -0.2) is 9.98 Å². The first-order valence-electron chi connectivity index (χ1n) is 26.4. The van der Waals surface area contributed by atoms with Crippen LogP contribution in [0, 0.1) is 0 Å². The molecule has 0 bridgehead atoms. The number of ether oxygens (including phenoxy) is 2. The molecule has 0 unspecified atom stereocenters. The Labute approximate surface area is 549 Å². The molecular weight excluding hydrogens is 1310 g/mol. The Bertz CT molecular complexity index is 3830. The van der Waals surface area contributed by atoms with Crippen LogP contribution in [0.4, 0.5) is 0 Å². The number of aromatic nitrogens is 2. The second kappa shape index (κ2) is 30.6. The third-order valence-corrected chi connectivity index (χ3v) is 19.9. The summed E-state index contributed by atoms with van der Waals surface area (Å²) in [5, 5.41) is 5.74. The average molecular weight is 1360 g/mol. The molecule has 4 aliphatic heterocycles. The minimum atomic E-state index is -0.0491. The number of rotatable bonds is 14. The largest absolute Gasteiger partial charge is 2.00 e. The smallest absolute Gasteiger partial charge is 0.651 e. The van der Waals surface area contributed by atoms with Crippen LogP contribution in [-0.2, 0) is 31.0 Å². The number of nitrogens with zero attached hydrogens (tertiary/aromatic N) is 6. The van der Waals surface area contributed by atoms with Gasteiger partial charge in [0.05, 0.1) is 43.4 Å². The van der Waals surface area contributed by atoms with E-state index in [1.54, 1.807) is 47.0 Å². The number of carbonyl (C=O) groups is 2. The van der Waals surface area contributed by atoms with E-state index in [2.05, 4.69) is 24.3 Å². The Morgan fingerprint density at radius 1 is 0.459 bits per heavy atom. The summed E-state index contributed by atoms with van der Waals surface area (Å²) in [4.78, 5) is 59.1. The molecule has 2 amide bonds. The van der Waals surface area contributed by atoms with Crippen LogP contribution in [0.1, 0.15) is 21.7 Å². The topological polar surface area (TPSA) is 112 Å². The summed E-state index contributed by atoms with van der Waals surface area (Å²) in [6.07, 6.45) is 5.92. The van der Waals surface area contributed by atoms with Gasteiger partial charge in [-0.1, -0.05) is 158 Å². The average Bonchev–Trinajstić information content (AvgIpc) is 2.82. The van der Waals surface area contributed by atoms with Gasteiger partial charge in [0.1, 0.15) is 10.1 Å². The van der Waals surface area contributed by atoms with Crippen LogP contribution in [0.5, 0.6) is 0 Å². The summed E-state index contributed by atoms with van der Waals surface area (Å²) in [7, 11) is 0. The molecule has 2 aromatic heterocycles. The molecule has 21 heteroatoms. The molecule has 1 radical (unpaired) electrons. The molecule has 4 aliphatic rings. The van der Waals surface area contributed by atoms with Gasteiger partial charge in [-0.2, -0.15) is 0 Å². The summed E-state index contributed by atoms with van der Waals surface area (Å²) < 4.78 is 11.0. The number of halogens is 4. The standard InChI is InChI=1S/2C32H25Cl2N3O2S3.Co/c2*33-21-6-10-24(11-7-21)40-29-15-14-27(35-29)30(41-23-4-2-1-3-5-23)28-20-26(32(38)37-16-18-39-19-17-37)31(36-28)42-25-12-8-22(34)9-13-25;/h2*1-15,20H,16-19H2,(H,35,36,38);/q;;+2/p-2. The molecule has 0 spiro atoms.